The smallest absolute Gasteiger partial charge is 0.317 e. The van der Waals surface area contributed by atoms with Gasteiger partial charge < -0.3 is 29.5 Å². The number of likely N-dealkylation sites (N-methyl/N-ethyl adjacent to an activating group) is 1. The molecule has 3 atom stereocenters. The fourth-order valence-electron chi connectivity index (χ4n) is 6.41. The van der Waals surface area contributed by atoms with Gasteiger partial charge in [0, 0.05) is 55.6 Å². The number of rotatable bonds is 5. The topological polar surface area (TPSA) is 87.0 Å². The van der Waals surface area contributed by atoms with Crippen LogP contribution in [0.2, 0.25) is 0 Å². The summed E-state index contributed by atoms with van der Waals surface area (Å²) in [4.78, 5) is 31.1. The highest BCUT2D eigenvalue weighted by Crippen LogP contribution is 2.38. The maximum Gasteiger partial charge on any atom is 0.317 e. The number of aromatic nitrogens is 1. The van der Waals surface area contributed by atoms with Crippen LogP contribution in [-0.4, -0.2) is 76.3 Å². The van der Waals surface area contributed by atoms with E-state index in [2.05, 4.69) is 30.4 Å². The number of nitrogens with one attached hydrogen (secondary N) is 1. The van der Waals surface area contributed by atoms with Crippen molar-refractivity contribution < 1.29 is 19.4 Å². The maximum absolute atomic E-state index is 14.5. The van der Waals surface area contributed by atoms with Crippen molar-refractivity contribution in [2.45, 2.75) is 70.7 Å². The molecule has 2 aromatic carbocycles. The van der Waals surface area contributed by atoms with Crippen LogP contribution in [0.3, 0.4) is 0 Å². The van der Waals surface area contributed by atoms with Gasteiger partial charge in [0.2, 0.25) is 0 Å². The van der Waals surface area contributed by atoms with Crippen molar-refractivity contribution in [2.75, 3.05) is 26.7 Å². The van der Waals surface area contributed by atoms with Crippen LogP contribution in [0.5, 0.6) is 0 Å². The van der Waals surface area contributed by atoms with Gasteiger partial charge in [-0.2, -0.15) is 0 Å². The summed E-state index contributed by atoms with van der Waals surface area (Å²) in [6, 6.07) is 15.9. The summed E-state index contributed by atoms with van der Waals surface area (Å²) in [5, 5.41) is 14.4. The Balaban J connectivity index is 1.52. The van der Waals surface area contributed by atoms with Crippen LogP contribution in [0.1, 0.15) is 62.0 Å². The zero-order valence-electron chi connectivity index (χ0n) is 24.8. The normalized spacial score (nSPS) is 21.1. The molecule has 1 saturated carbocycles. The number of urea groups is 1. The number of ether oxygens (including phenoxy) is 1. The van der Waals surface area contributed by atoms with Crippen LogP contribution in [0.25, 0.3) is 22.0 Å². The second-order valence-corrected chi connectivity index (χ2v) is 11.9. The minimum absolute atomic E-state index is 0.0852. The van der Waals surface area contributed by atoms with Gasteiger partial charge in [-0.3, -0.25) is 4.79 Å². The van der Waals surface area contributed by atoms with Crippen LogP contribution >= 0.6 is 0 Å². The molecule has 0 bridgehead atoms. The second kappa shape index (κ2) is 12.7. The third kappa shape index (κ3) is 5.99. The predicted octanol–water partition coefficient (Wildman–Crippen LogP) is 5.18. The molecule has 5 rings (SSSR count). The standard InChI is InChI=1S/C33H44N4O4/c1-22-18-37(23(2)20-38)32(39)31-30(27-16-10-11-17-28(27)36(31)4)26-15-9-8-12-24(26)21-41-29(22)19-35(3)33(40)34-25-13-6-5-7-14-25/h8-12,15-17,22-23,25,29,38H,5-7,13-14,18-21H2,1-4H3,(H,34,40)/t22-,23+,29+/m1/s1. The number of carbonyl (C=O) groups is 2. The van der Waals surface area contributed by atoms with E-state index >= 15 is 0 Å². The van der Waals surface area contributed by atoms with Crippen LogP contribution in [0.4, 0.5) is 4.79 Å². The molecule has 2 heterocycles. The Kier molecular flexibility index (Phi) is 9.00. The molecule has 3 amide bonds. The first-order valence-corrected chi connectivity index (χ1v) is 15.0. The summed E-state index contributed by atoms with van der Waals surface area (Å²) >= 11 is 0. The van der Waals surface area contributed by atoms with Crippen LogP contribution in [-0.2, 0) is 18.4 Å². The number of nitrogens with zero attached hydrogens (tertiary/aromatic N) is 3. The summed E-state index contributed by atoms with van der Waals surface area (Å²) < 4.78 is 8.60. The number of aryl methyl sites for hydroxylation is 1. The zero-order valence-corrected chi connectivity index (χ0v) is 24.8. The zero-order chi connectivity index (χ0) is 29.1. The quantitative estimate of drug-likeness (QED) is 0.450. The van der Waals surface area contributed by atoms with Gasteiger partial charge in [-0.1, -0.05) is 68.7 Å². The fraction of sp³-hybridized carbons (Fsp3) is 0.515. The van der Waals surface area contributed by atoms with E-state index < -0.39 is 0 Å². The van der Waals surface area contributed by atoms with Gasteiger partial charge in [-0.05, 0) is 37.0 Å². The number of aliphatic hydroxyl groups excluding tert-OH is 1. The first-order chi connectivity index (χ1) is 19.8. The average Bonchev–Trinajstić information content (AvgIpc) is 3.28. The highest BCUT2D eigenvalue weighted by atomic mass is 16.5. The van der Waals surface area contributed by atoms with Crippen molar-refractivity contribution in [3.63, 3.8) is 0 Å². The SMILES string of the molecule is C[C@@H]1CN([C@@H](C)CO)C(=O)c2c(c3ccccc3n2C)-c2ccccc2CO[C@H]1CN(C)C(=O)NC1CCCCC1. The molecule has 0 spiro atoms. The third-order valence-electron chi connectivity index (χ3n) is 8.96. The van der Waals surface area contributed by atoms with E-state index in [9.17, 15) is 14.7 Å². The molecule has 1 aliphatic heterocycles. The largest absolute Gasteiger partial charge is 0.394 e. The van der Waals surface area contributed by atoms with Gasteiger partial charge in [0.05, 0.1) is 25.4 Å². The first-order valence-electron chi connectivity index (χ1n) is 15.0. The van der Waals surface area contributed by atoms with E-state index in [0.29, 0.717) is 25.4 Å². The van der Waals surface area contributed by atoms with Crippen LogP contribution in [0.15, 0.2) is 48.5 Å². The molecule has 1 aliphatic carbocycles. The first kappa shape index (κ1) is 29.1. The lowest BCUT2D eigenvalue weighted by atomic mass is 9.96. The molecule has 8 nitrogen and oxygen atoms in total. The molecule has 1 fully saturated rings. The highest BCUT2D eigenvalue weighted by Gasteiger charge is 2.34. The van der Waals surface area contributed by atoms with Crippen molar-refractivity contribution >= 4 is 22.8 Å². The van der Waals surface area contributed by atoms with E-state index in [-0.39, 0.29) is 42.7 Å². The molecule has 2 aliphatic rings. The molecule has 0 saturated heterocycles. The Bertz CT molecular complexity index is 1380. The summed E-state index contributed by atoms with van der Waals surface area (Å²) in [6.07, 6.45) is 5.28. The number of para-hydroxylation sites is 1. The number of amides is 3. The Morgan fingerprint density at radius 2 is 1.83 bits per heavy atom. The monoisotopic (exact) mass is 560 g/mol. The molecular formula is C33H44N4O4. The number of hydrogen-bond donors (Lipinski definition) is 2. The van der Waals surface area contributed by atoms with Crippen LogP contribution in [0, 0.1) is 5.92 Å². The Morgan fingerprint density at radius 1 is 1.12 bits per heavy atom. The van der Waals surface area contributed by atoms with Gasteiger partial charge in [0.15, 0.2) is 0 Å². The van der Waals surface area contributed by atoms with E-state index in [0.717, 1.165) is 53.3 Å². The van der Waals surface area contributed by atoms with Gasteiger partial charge in [-0.15, -0.1) is 0 Å². The second-order valence-electron chi connectivity index (χ2n) is 11.9. The van der Waals surface area contributed by atoms with Crippen molar-refractivity contribution in [1.29, 1.82) is 0 Å². The van der Waals surface area contributed by atoms with E-state index in [1.165, 1.54) is 6.42 Å². The Hall–Kier alpha value is -3.36. The average molecular weight is 561 g/mol. The molecular weight excluding hydrogens is 516 g/mol. The van der Waals surface area contributed by atoms with Gasteiger partial charge >= 0.3 is 6.03 Å². The number of benzene rings is 2. The van der Waals surface area contributed by atoms with Gasteiger partial charge in [0.25, 0.3) is 5.91 Å². The molecule has 220 valence electrons. The fourth-order valence-corrected chi connectivity index (χ4v) is 6.41. The number of carbonyl (C=O) groups excluding carboxylic acids is 2. The molecule has 0 radical (unpaired) electrons. The summed E-state index contributed by atoms with van der Waals surface area (Å²) in [5.74, 6) is -0.216. The molecule has 0 unspecified atom stereocenters. The van der Waals surface area contributed by atoms with Crippen molar-refractivity contribution in [3.05, 3.63) is 59.8 Å². The maximum atomic E-state index is 14.5. The van der Waals surface area contributed by atoms with Gasteiger partial charge in [0.1, 0.15) is 5.69 Å². The summed E-state index contributed by atoms with van der Waals surface area (Å²) in [5.41, 5.74) is 4.42. The van der Waals surface area contributed by atoms with Crippen LogP contribution < -0.4 is 5.32 Å². The molecule has 1 aromatic heterocycles. The number of fused-ring (bicyclic) bond motifs is 5. The number of aliphatic hydroxyl groups is 1. The van der Waals surface area contributed by atoms with Crippen molar-refractivity contribution in [1.82, 2.24) is 19.7 Å². The van der Waals surface area contributed by atoms with E-state index in [1.54, 1.807) is 9.80 Å². The molecule has 8 heteroatoms. The lowest BCUT2D eigenvalue weighted by Gasteiger charge is -2.35. The minimum atomic E-state index is -0.389. The minimum Gasteiger partial charge on any atom is -0.394 e. The number of hydrogen-bond acceptors (Lipinski definition) is 4. The Morgan fingerprint density at radius 3 is 2.59 bits per heavy atom. The van der Waals surface area contributed by atoms with Crippen molar-refractivity contribution in [2.24, 2.45) is 13.0 Å². The van der Waals surface area contributed by atoms with E-state index in [1.807, 2.05) is 55.9 Å². The summed E-state index contributed by atoms with van der Waals surface area (Å²) in [7, 11) is 3.75. The van der Waals surface area contributed by atoms with E-state index in [4.69, 9.17) is 4.74 Å². The summed E-state index contributed by atoms with van der Waals surface area (Å²) in [6.45, 7) is 4.93. The lowest BCUT2D eigenvalue weighted by Crippen LogP contribution is -2.50. The predicted molar refractivity (Wildman–Crippen MR) is 162 cm³/mol. The molecule has 3 aromatic rings. The highest BCUT2D eigenvalue weighted by molar-refractivity contribution is 6.10. The Labute approximate surface area is 243 Å². The lowest BCUT2D eigenvalue weighted by molar-refractivity contribution is -0.0186. The molecule has 2 N–H and O–H groups in total. The molecule has 41 heavy (non-hydrogen) atoms. The van der Waals surface area contributed by atoms with Crippen molar-refractivity contribution in [3.8, 4) is 11.1 Å². The van der Waals surface area contributed by atoms with Gasteiger partial charge in [-0.25, -0.2) is 4.79 Å². The third-order valence-corrected chi connectivity index (χ3v) is 8.96.